The minimum atomic E-state index is -3.08. The number of aliphatic imine (C=N–C) groups is 1. The highest BCUT2D eigenvalue weighted by Gasteiger charge is 2.28. The van der Waals surface area contributed by atoms with Gasteiger partial charge in [0, 0.05) is 55.3 Å². The van der Waals surface area contributed by atoms with Crippen molar-refractivity contribution < 1.29 is 23.2 Å². The molecular formula is C32H43F2N5O3. The van der Waals surface area contributed by atoms with Gasteiger partial charge in [-0.1, -0.05) is 26.0 Å². The molecule has 1 aliphatic heterocycles. The van der Waals surface area contributed by atoms with Crippen LogP contribution in [0, 0.1) is 0 Å². The number of carbonyl (C=O) groups excluding carboxylic acids is 3. The molecule has 0 fully saturated rings. The number of nitrogens with zero attached hydrogens (tertiary/aromatic N) is 2. The maximum Gasteiger partial charge on any atom is 0.270 e. The van der Waals surface area contributed by atoms with Crippen molar-refractivity contribution in [1.29, 1.82) is 0 Å². The number of carbonyl (C=O) groups is 3. The molecule has 228 valence electrons. The summed E-state index contributed by atoms with van der Waals surface area (Å²) in [6.07, 6.45) is 10.6. The maximum absolute atomic E-state index is 14.2. The average Bonchev–Trinajstić information content (AvgIpc) is 2.94. The van der Waals surface area contributed by atoms with Gasteiger partial charge in [-0.2, -0.15) is 0 Å². The summed E-state index contributed by atoms with van der Waals surface area (Å²) >= 11 is 0. The fourth-order valence-corrected chi connectivity index (χ4v) is 4.51. The van der Waals surface area contributed by atoms with Gasteiger partial charge in [0.25, 0.3) is 17.7 Å². The van der Waals surface area contributed by atoms with Crippen molar-refractivity contribution in [2.45, 2.75) is 91.5 Å². The van der Waals surface area contributed by atoms with Gasteiger partial charge in [-0.15, -0.1) is 0 Å². The van der Waals surface area contributed by atoms with Crippen LogP contribution in [-0.4, -0.2) is 46.9 Å². The van der Waals surface area contributed by atoms with Gasteiger partial charge < -0.3 is 16.0 Å². The van der Waals surface area contributed by atoms with Crippen LogP contribution in [-0.2, 0) is 16.0 Å². The number of rotatable bonds is 15. The standard InChI is InChI=1S/C32H43F2N5O3/c1-7-25(8-2)27(32(6,33)34)18-21(3)38-30(41)26-13-14-28(37-20-26)22(4)39-31(42)29-19-24(15-17-36-29)12-10-9-11-16-35-23(5)40/h7,15,17-20,22H,1,8-14,16H2,2-6H3,(H,35,40)(H,38,41)(H,39,42)/b21-18+,27-25-. The summed E-state index contributed by atoms with van der Waals surface area (Å²) < 4.78 is 28.3. The third-order valence-corrected chi connectivity index (χ3v) is 6.87. The van der Waals surface area contributed by atoms with E-state index in [0.717, 1.165) is 43.9 Å². The predicted octanol–water partition coefficient (Wildman–Crippen LogP) is 5.74. The Morgan fingerprint density at radius 2 is 1.88 bits per heavy atom. The van der Waals surface area contributed by atoms with Crippen LogP contribution in [0.3, 0.4) is 0 Å². The number of nitrogens with one attached hydrogen (secondary N) is 3. The Kier molecular flexibility index (Phi) is 13.4. The first kappa shape index (κ1) is 34.3. The van der Waals surface area contributed by atoms with Crippen molar-refractivity contribution >= 4 is 23.4 Å². The molecule has 0 radical (unpaired) electrons. The van der Waals surface area contributed by atoms with Gasteiger partial charge in [0.05, 0.1) is 6.04 Å². The number of aryl methyl sites for hydroxylation is 1. The summed E-state index contributed by atoms with van der Waals surface area (Å²) in [5, 5.41) is 8.38. The molecule has 8 nitrogen and oxygen atoms in total. The smallest absolute Gasteiger partial charge is 0.270 e. The molecule has 0 spiro atoms. The zero-order valence-electron chi connectivity index (χ0n) is 25.3. The highest BCUT2D eigenvalue weighted by atomic mass is 19.3. The molecule has 0 aromatic carbocycles. The summed E-state index contributed by atoms with van der Waals surface area (Å²) in [4.78, 5) is 45.2. The molecular weight excluding hydrogens is 540 g/mol. The molecule has 1 aromatic heterocycles. The average molecular weight is 584 g/mol. The number of amides is 3. The van der Waals surface area contributed by atoms with Gasteiger partial charge in [0.15, 0.2) is 0 Å². The normalized spacial score (nSPS) is 15.1. The first-order valence-electron chi connectivity index (χ1n) is 14.3. The van der Waals surface area contributed by atoms with Crippen LogP contribution in [0.5, 0.6) is 0 Å². The summed E-state index contributed by atoms with van der Waals surface area (Å²) in [6, 6.07) is 3.30. The van der Waals surface area contributed by atoms with Crippen molar-refractivity contribution in [3.63, 3.8) is 0 Å². The number of alkyl halides is 2. The van der Waals surface area contributed by atoms with Crippen LogP contribution < -0.4 is 16.0 Å². The van der Waals surface area contributed by atoms with Crippen LogP contribution >= 0.6 is 0 Å². The van der Waals surface area contributed by atoms with E-state index in [0.29, 0.717) is 48.3 Å². The largest absolute Gasteiger partial charge is 0.356 e. The quantitative estimate of drug-likeness (QED) is 0.181. The van der Waals surface area contributed by atoms with Gasteiger partial charge in [-0.3, -0.25) is 24.4 Å². The summed E-state index contributed by atoms with van der Waals surface area (Å²) in [6.45, 7) is 11.8. The first-order valence-corrected chi connectivity index (χ1v) is 14.3. The molecule has 10 heteroatoms. The molecule has 0 bridgehead atoms. The van der Waals surface area contributed by atoms with Crippen LogP contribution in [0.25, 0.3) is 0 Å². The monoisotopic (exact) mass is 583 g/mol. The Hall–Kier alpha value is -3.95. The second kappa shape index (κ2) is 16.5. The van der Waals surface area contributed by atoms with Gasteiger partial charge in [-0.05, 0) is 81.7 Å². The van der Waals surface area contributed by atoms with E-state index in [2.05, 4.69) is 32.5 Å². The molecule has 1 aliphatic rings. The lowest BCUT2D eigenvalue weighted by Crippen LogP contribution is -2.39. The Balaban J connectivity index is 1.96. The maximum atomic E-state index is 14.2. The van der Waals surface area contributed by atoms with E-state index in [1.165, 1.54) is 25.3 Å². The fourth-order valence-electron chi connectivity index (χ4n) is 4.51. The number of pyridine rings is 1. The zero-order chi connectivity index (χ0) is 31.3. The highest BCUT2D eigenvalue weighted by Crippen LogP contribution is 2.30. The molecule has 0 aliphatic carbocycles. The van der Waals surface area contributed by atoms with Gasteiger partial charge in [0.2, 0.25) is 5.91 Å². The molecule has 1 unspecified atom stereocenters. The second-order valence-electron chi connectivity index (χ2n) is 10.5. The molecule has 0 saturated carbocycles. The van der Waals surface area contributed by atoms with E-state index < -0.39 is 11.8 Å². The summed E-state index contributed by atoms with van der Waals surface area (Å²) in [5.41, 5.74) is 3.00. The SMILES string of the molecule is C=C/C(CC)=C(\C=C(/C)NC(=O)C1=CN=C(C(C)NC(=O)c2cc(CCCCCNC(C)=O)ccn2)CC1)C(C)(F)F. The lowest BCUT2D eigenvalue weighted by atomic mass is 9.99. The van der Waals surface area contributed by atoms with Crippen LogP contribution in [0.1, 0.15) is 89.2 Å². The van der Waals surface area contributed by atoms with Crippen molar-refractivity contribution in [1.82, 2.24) is 20.9 Å². The minimum absolute atomic E-state index is 0.0290. The molecule has 3 N–H and O–H groups in total. The number of halogens is 2. The van der Waals surface area contributed by atoms with Crippen molar-refractivity contribution in [2.24, 2.45) is 4.99 Å². The topological polar surface area (TPSA) is 113 Å². The molecule has 2 rings (SSSR count). The minimum Gasteiger partial charge on any atom is -0.356 e. The molecule has 0 saturated heterocycles. The lowest BCUT2D eigenvalue weighted by Gasteiger charge is -2.20. The number of aromatic nitrogens is 1. The van der Waals surface area contributed by atoms with Crippen molar-refractivity contribution in [3.05, 3.63) is 76.9 Å². The fraction of sp³-hybridized carbons (Fsp3) is 0.469. The predicted molar refractivity (Wildman–Crippen MR) is 162 cm³/mol. The Bertz CT molecular complexity index is 1270. The van der Waals surface area contributed by atoms with E-state index in [9.17, 15) is 23.2 Å². The van der Waals surface area contributed by atoms with Crippen LogP contribution in [0.4, 0.5) is 8.78 Å². The van der Waals surface area contributed by atoms with Crippen molar-refractivity contribution in [2.75, 3.05) is 6.54 Å². The summed E-state index contributed by atoms with van der Waals surface area (Å²) in [5.74, 6) is -3.83. The van der Waals surface area contributed by atoms with Crippen LogP contribution in [0.2, 0.25) is 0 Å². The van der Waals surface area contributed by atoms with Crippen LogP contribution in [0.15, 0.2) is 70.7 Å². The van der Waals surface area contributed by atoms with E-state index in [4.69, 9.17) is 0 Å². The second-order valence-corrected chi connectivity index (χ2v) is 10.5. The number of hydrogen-bond donors (Lipinski definition) is 3. The molecule has 2 heterocycles. The van der Waals surface area contributed by atoms with Gasteiger partial charge in [-0.25, -0.2) is 8.78 Å². The Morgan fingerprint density at radius 3 is 2.48 bits per heavy atom. The highest BCUT2D eigenvalue weighted by molar-refractivity contribution is 6.01. The molecule has 1 atom stereocenters. The molecule has 42 heavy (non-hydrogen) atoms. The molecule has 3 amide bonds. The zero-order valence-corrected chi connectivity index (χ0v) is 25.3. The third-order valence-electron chi connectivity index (χ3n) is 6.87. The van der Waals surface area contributed by atoms with E-state index in [1.807, 2.05) is 13.0 Å². The van der Waals surface area contributed by atoms with E-state index in [1.54, 1.807) is 26.1 Å². The first-order chi connectivity index (χ1) is 19.8. The number of allylic oxidation sites excluding steroid dienone is 5. The van der Waals surface area contributed by atoms with E-state index in [-0.39, 0.29) is 23.4 Å². The van der Waals surface area contributed by atoms with Crippen molar-refractivity contribution in [3.8, 4) is 0 Å². The summed E-state index contributed by atoms with van der Waals surface area (Å²) in [7, 11) is 0. The number of hydrogen-bond acceptors (Lipinski definition) is 5. The Labute approximate surface area is 247 Å². The number of unbranched alkanes of at least 4 members (excludes halogenated alkanes) is 2. The Morgan fingerprint density at radius 1 is 1.14 bits per heavy atom. The molecule has 1 aromatic rings. The van der Waals surface area contributed by atoms with E-state index >= 15 is 0 Å². The van der Waals surface area contributed by atoms with Gasteiger partial charge in [0.1, 0.15) is 5.69 Å². The lowest BCUT2D eigenvalue weighted by molar-refractivity contribution is -0.119. The van der Waals surface area contributed by atoms with Gasteiger partial charge >= 0.3 is 0 Å². The third kappa shape index (κ3) is 11.1.